The summed E-state index contributed by atoms with van der Waals surface area (Å²) in [4.78, 5) is 11.8. The lowest BCUT2D eigenvalue weighted by atomic mass is 10.1. The molecule has 0 N–H and O–H groups in total. The van der Waals surface area contributed by atoms with E-state index in [1.54, 1.807) is 0 Å². The van der Waals surface area contributed by atoms with E-state index < -0.39 is 6.10 Å². The van der Waals surface area contributed by atoms with E-state index in [9.17, 15) is 4.79 Å². The molecule has 0 unspecified atom stereocenters. The maximum absolute atomic E-state index is 11.8. The van der Waals surface area contributed by atoms with Crippen LogP contribution >= 0.6 is 0 Å². The SMILES string of the molecule is O=C(OCc1ccccc1)[C@@H]1O[C@@H]1c1ccccc1. The molecular weight excluding hydrogens is 240 g/mol. The van der Waals surface area contributed by atoms with Crippen molar-refractivity contribution in [3.8, 4) is 0 Å². The topological polar surface area (TPSA) is 38.8 Å². The molecule has 2 aromatic carbocycles. The van der Waals surface area contributed by atoms with Gasteiger partial charge in [-0.05, 0) is 11.1 Å². The zero-order valence-corrected chi connectivity index (χ0v) is 10.4. The summed E-state index contributed by atoms with van der Waals surface area (Å²) in [7, 11) is 0. The van der Waals surface area contributed by atoms with E-state index in [1.165, 1.54) is 0 Å². The molecule has 3 rings (SSSR count). The Morgan fingerprint density at radius 2 is 1.63 bits per heavy atom. The fourth-order valence-electron chi connectivity index (χ4n) is 2.00. The Bertz CT molecular complexity index is 551. The van der Waals surface area contributed by atoms with Gasteiger partial charge in [0, 0.05) is 0 Å². The average molecular weight is 254 g/mol. The zero-order valence-electron chi connectivity index (χ0n) is 10.4. The standard InChI is InChI=1S/C16H14O3/c17-16(18-11-12-7-3-1-4-8-12)15-14(19-15)13-9-5-2-6-10-13/h1-10,14-15H,11H2/t14-,15-/m1/s1. The van der Waals surface area contributed by atoms with E-state index in [1.807, 2.05) is 60.7 Å². The second-order valence-corrected chi connectivity index (χ2v) is 4.48. The molecular formula is C16H14O3. The van der Waals surface area contributed by atoms with Gasteiger partial charge in [-0.3, -0.25) is 0 Å². The van der Waals surface area contributed by atoms with Gasteiger partial charge in [-0.15, -0.1) is 0 Å². The summed E-state index contributed by atoms with van der Waals surface area (Å²) in [6.45, 7) is 0.293. The first kappa shape index (κ1) is 11.9. The first-order valence-electron chi connectivity index (χ1n) is 6.25. The molecule has 3 heteroatoms. The molecule has 1 aliphatic heterocycles. The Morgan fingerprint density at radius 1 is 1.00 bits per heavy atom. The first-order valence-corrected chi connectivity index (χ1v) is 6.25. The summed E-state index contributed by atoms with van der Waals surface area (Å²) in [5.41, 5.74) is 2.00. The van der Waals surface area contributed by atoms with Gasteiger partial charge in [0.25, 0.3) is 0 Å². The second-order valence-electron chi connectivity index (χ2n) is 4.48. The van der Waals surface area contributed by atoms with E-state index in [0.29, 0.717) is 6.61 Å². The number of epoxide rings is 1. The Morgan fingerprint density at radius 3 is 2.32 bits per heavy atom. The van der Waals surface area contributed by atoms with Gasteiger partial charge in [0.1, 0.15) is 12.7 Å². The molecule has 1 fully saturated rings. The quantitative estimate of drug-likeness (QED) is 0.622. The van der Waals surface area contributed by atoms with Crippen molar-refractivity contribution < 1.29 is 14.3 Å². The van der Waals surface area contributed by atoms with Crippen LogP contribution in [0.4, 0.5) is 0 Å². The van der Waals surface area contributed by atoms with E-state index in [0.717, 1.165) is 11.1 Å². The number of hydrogen-bond acceptors (Lipinski definition) is 3. The van der Waals surface area contributed by atoms with Gasteiger partial charge in [0.2, 0.25) is 0 Å². The van der Waals surface area contributed by atoms with Crippen molar-refractivity contribution in [2.45, 2.75) is 18.8 Å². The van der Waals surface area contributed by atoms with Crippen LogP contribution < -0.4 is 0 Å². The van der Waals surface area contributed by atoms with Gasteiger partial charge in [0.05, 0.1) is 0 Å². The van der Waals surface area contributed by atoms with Crippen molar-refractivity contribution in [1.82, 2.24) is 0 Å². The lowest BCUT2D eigenvalue weighted by Crippen LogP contribution is -2.12. The fraction of sp³-hybridized carbons (Fsp3) is 0.188. The van der Waals surface area contributed by atoms with Crippen LogP contribution in [0.25, 0.3) is 0 Å². The summed E-state index contributed by atoms with van der Waals surface area (Å²) in [5.74, 6) is -0.294. The Kier molecular flexibility index (Phi) is 3.29. The lowest BCUT2D eigenvalue weighted by Gasteiger charge is -2.02. The molecule has 0 spiro atoms. The molecule has 1 aliphatic rings. The summed E-state index contributed by atoms with van der Waals surface area (Å²) in [5, 5.41) is 0. The number of esters is 1. The molecule has 3 nitrogen and oxygen atoms in total. The number of hydrogen-bond donors (Lipinski definition) is 0. The molecule has 0 bridgehead atoms. The first-order chi connectivity index (χ1) is 9.34. The molecule has 1 heterocycles. The number of ether oxygens (including phenoxy) is 2. The summed E-state index contributed by atoms with van der Waals surface area (Å²) >= 11 is 0. The van der Waals surface area contributed by atoms with Gasteiger partial charge < -0.3 is 9.47 Å². The smallest absolute Gasteiger partial charge is 0.338 e. The molecule has 1 saturated heterocycles. The van der Waals surface area contributed by atoms with Crippen LogP contribution in [-0.2, 0) is 20.9 Å². The van der Waals surface area contributed by atoms with Gasteiger partial charge in [-0.25, -0.2) is 4.79 Å². The van der Waals surface area contributed by atoms with Gasteiger partial charge >= 0.3 is 5.97 Å². The average Bonchev–Trinajstić information content (AvgIpc) is 3.27. The minimum Gasteiger partial charge on any atom is -0.459 e. The Balaban J connectivity index is 1.53. The van der Waals surface area contributed by atoms with Crippen molar-refractivity contribution >= 4 is 5.97 Å². The molecule has 0 saturated carbocycles. The molecule has 2 atom stereocenters. The molecule has 0 amide bonds. The predicted molar refractivity (Wildman–Crippen MR) is 70.3 cm³/mol. The van der Waals surface area contributed by atoms with Crippen molar-refractivity contribution in [2.75, 3.05) is 0 Å². The van der Waals surface area contributed by atoms with Crippen LogP contribution in [0, 0.1) is 0 Å². The van der Waals surface area contributed by atoms with Crippen LogP contribution in [-0.4, -0.2) is 12.1 Å². The molecule has 96 valence electrons. The highest BCUT2D eigenvalue weighted by Gasteiger charge is 2.47. The Hall–Kier alpha value is -2.13. The van der Waals surface area contributed by atoms with Crippen LogP contribution in [0.3, 0.4) is 0 Å². The molecule has 0 radical (unpaired) electrons. The van der Waals surface area contributed by atoms with Gasteiger partial charge in [-0.1, -0.05) is 60.7 Å². The summed E-state index contributed by atoms with van der Waals surface area (Å²) < 4.78 is 10.6. The predicted octanol–water partition coefficient (Wildman–Crippen LogP) is 2.87. The van der Waals surface area contributed by atoms with Crippen LogP contribution in [0.15, 0.2) is 60.7 Å². The van der Waals surface area contributed by atoms with Crippen molar-refractivity contribution in [2.24, 2.45) is 0 Å². The minimum absolute atomic E-state index is 0.149. The Labute approximate surface area is 111 Å². The van der Waals surface area contributed by atoms with Crippen LogP contribution in [0.5, 0.6) is 0 Å². The normalized spacial score (nSPS) is 20.8. The second kappa shape index (κ2) is 5.24. The van der Waals surface area contributed by atoms with Crippen molar-refractivity contribution in [3.63, 3.8) is 0 Å². The number of carbonyl (C=O) groups excluding carboxylic acids is 1. The molecule has 0 aliphatic carbocycles. The highest BCUT2D eigenvalue weighted by Crippen LogP contribution is 2.39. The fourth-order valence-corrected chi connectivity index (χ4v) is 2.00. The molecule has 19 heavy (non-hydrogen) atoms. The van der Waals surface area contributed by atoms with Gasteiger partial charge in [-0.2, -0.15) is 0 Å². The molecule has 2 aromatic rings. The third kappa shape index (κ3) is 2.83. The summed E-state index contributed by atoms with van der Waals surface area (Å²) in [6, 6.07) is 19.3. The monoisotopic (exact) mass is 254 g/mol. The third-order valence-electron chi connectivity index (χ3n) is 3.08. The third-order valence-corrected chi connectivity index (χ3v) is 3.08. The lowest BCUT2D eigenvalue weighted by molar-refractivity contribution is -0.146. The van der Waals surface area contributed by atoms with E-state index in [2.05, 4.69) is 0 Å². The van der Waals surface area contributed by atoms with Crippen LogP contribution in [0.1, 0.15) is 17.2 Å². The highest BCUT2D eigenvalue weighted by atomic mass is 16.6. The van der Waals surface area contributed by atoms with E-state index in [-0.39, 0.29) is 12.1 Å². The maximum atomic E-state index is 11.8. The summed E-state index contributed by atoms with van der Waals surface area (Å²) in [6.07, 6.45) is -0.601. The van der Waals surface area contributed by atoms with Crippen LogP contribution in [0.2, 0.25) is 0 Å². The molecule has 0 aromatic heterocycles. The minimum atomic E-state index is -0.453. The van der Waals surface area contributed by atoms with E-state index in [4.69, 9.17) is 9.47 Å². The maximum Gasteiger partial charge on any atom is 0.338 e. The number of carbonyl (C=O) groups is 1. The van der Waals surface area contributed by atoms with Crippen molar-refractivity contribution in [3.05, 3.63) is 71.8 Å². The van der Waals surface area contributed by atoms with Crippen molar-refractivity contribution in [1.29, 1.82) is 0 Å². The largest absolute Gasteiger partial charge is 0.459 e. The number of benzene rings is 2. The highest BCUT2D eigenvalue weighted by molar-refractivity contribution is 5.78. The van der Waals surface area contributed by atoms with E-state index >= 15 is 0 Å². The zero-order chi connectivity index (χ0) is 13.1. The number of rotatable bonds is 4. The van der Waals surface area contributed by atoms with Gasteiger partial charge in [0.15, 0.2) is 6.10 Å².